The van der Waals surface area contributed by atoms with E-state index in [0.29, 0.717) is 5.69 Å². The molecule has 0 aliphatic carbocycles. The summed E-state index contributed by atoms with van der Waals surface area (Å²) in [6.07, 6.45) is 0.213. The van der Waals surface area contributed by atoms with Crippen molar-refractivity contribution in [3.63, 3.8) is 0 Å². The van der Waals surface area contributed by atoms with Crippen LogP contribution in [0.25, 0.3) is 0 Å². The molecule has 138 valence electrons. The Hall–Kier alpha value is -2.81. The fourth-order valence-corrected chi connectivity index (χ4v) is 2.80. The van der Waals surface area contributed by atoms with Crippen molar-refractivity contribution in [3.05, 3.63) is 59.7 Å². The van der Waals surface area contributed by atoms with Gasteiger partial charge in [0.1, 0.15) is 0 Å². The molecule has 0 spiro atoms. The third-order valence-electron chi connectivity index (χ3n) is 3.53. The second-order valence-electron chi connectivity index (χ2n) is 5.33. The second kappa shape index (κ2) is 8.05. The lowest BCUT2D eigenvalue weighted by atomic mass is 10.1. The van der Waals surface area contributed by atoms with Crippen LogP contribution in [0.2, 0.25) is 0 Å². The molecule has 0 saturated carbocycles. The Morgan fingerprint density at radius 3 is 2.08 bits per heavy atom. The van der Waals surface area contributed by atoms with Gasteiger partial charge in [-0.1, -0.05) is 12.1 Å². The van der Waals surface area contributed by atoms with Crippen LogP contribution in [0.15, 0.2) is 53.4 Å². The molecule has 0 aromatic heterocycles. The van der Waals surface area contributed by atoms with E-state index in [-0.39, 0.29) is 17.9 Å². The predicted octanol–water partition coefficient (Wildman–Crippen LogP) is 2.22. The highest BCUT2D eigenvalue weighted by molar-refractivity contribution is 7.91. The topological polar surface area (TPSA) is 92.3 Å². The fourth-order valence-electron chi connectivity index (χ4n) is 2.08. The van der Waals surface area contributed by atoms with E-state index < -0.39 is 26.4 Å². The highest BCUT2D eigenvalue weighted by atomic mass is 32.2. The molecule has 0 fully saturated rings. The minimum atomic E-state index is -4.69. The van der Waals surface area contributed by atoms with Gasteiger partial charge in [-0.2, -0.15) is 8.78 Å². The number of sulfone groups is 1. The van der Waals surface area contributed by atoms with Gasteiger partial charge in [0, 0.05) is 18.3 Å². The van der Waals surface area contributed by atoms with Gasteiger partial charge in [0.15, 0.2) is 0 Å². The zero-order chi connectivity index (χ0) is 19.3. The summed E-state index contributed by atoms with van der Waals surface area (Å²) in [6, 6.07) is 10.8. The van der Waals surface area contributed by atoms with Crippen molar-refractivity contribution in [2.45, 2.75) is 17.1 Å². The minimum absolute atomic E-state index is 0.118. The first-order valence-corrected chi connectivity index (χ1v) is 9.01. The zero-order valence-corrected chi connectivity index (χ0v) is 14.5. The Kier molecular flexibility index (Phi) is 6.04. The monoisotopic (exact) mass is 382 g/mol. The van der Waals surface area contributed by atoms with Crippen molar-refractivity contribution in [2.24, 2.45) is 0 Å². The van der Waals surface area contributed by atoms with Crippen LogP contribution in [0.4, 0.5) is 14.5 Å². The van der Waals surface area contributed by atoms with Crippen molar-refractivity contribution in [1.82, 2.24) is 5.32 Å². The summed E-state index contributed by atoms with van der Waals surface area (Å²) >= 11 is 0. The Morgan fingerprint density at radius 2 is 1.58 bits per heavy atom. The Balaban J connectivity index is 2.07. The predicted molar refractivity (Wildman–Crippen MR) is 91.8 cm³/mol. The van der Waals surface area contributed by atoms with Gasteiger partial charge in [0.25, 0.3) is 5.91 Å². The molecule has 0 saturated heterocycles. The van der Waals surface area contributed by atoms with Crippen molar-refractivity contribution in [1.29, 1.82) is 0 Å². The molecule has 0 heterocycles. The van der Waals surface area contributed by atoms with E-state index in [1.54, 1.807) is 24.3 Å². The summed E-state index contributed by atoms with van der Waals surface area (Å²) in [5.41, 5.74) is 1.36. The van der Waals surface area contributed by atoms with E-state index in [9.17, 15) is 26.8 Å². The zero-order valence-electron chi connectivity index (χ0n) is 13.7. The van der Waals surface area contributed by atoms with Gasteiger partial charge in [0.05, 0.1) is 11.3 Å². The molecule has 2 N–H and O–H groups in total. The summed E-state index contributed by atoms with van der Waals surface area (Å²) in [6.45, 7) is 0. The third kappa shape index (κ3) is 4.63. The first kappa shape index (κ1) is 19.5. The lowest BCUT2D eigenvalue weighted by molar-refractivity contribution is -0.119. The van der Waals surface area contributed by atoms with Gasteiger partial charge in [-0.3, -0.25) is 9.59 Å². The molecule has 0 bridgehead atoms. The number of hydrogen-bond acceptors (Lipinski definition) is 4. The maximum Gasteiger partial charge on any atom is 0.341 e. The van der Waals surface area contributed by atoms with Gasteiger partial charge in [0.2, 0.25) is 15.7 Å². The number of hydrogen-bond donors (Lipinski definition) is 2. The first-order valence-electron chi connectivity index (χ1n) is 7.47. The van der Waals surface area contributed by atoms with Crippen LogP contribution >= 0.6 is 0 Å². The van der Waals surface area contributed by atoms with Crippen LogP contribution in [0.1, 0.15) is 15.9 Å². The number of halogens is 2. The SMILES string of the molecule is CNC(=O)Cc1ccc(NC(=O)c2ccc(S(=O)(=O)C(F)F)cc2)cc1. The van der Waals surface area contributed by atoms with Crippen LogP contribution in [-0.2, 0) is 21.1 Å². The average Bonchev–Trinajstić information content (AvgIpc) is 2.63. The molecule has 0 atom stereocenters. The lowest BCUT2D eigenvalue weighted by Crippen LogP contribution is -2.19. The number of amides is 2. The maximum atomic E-state index is 12.5. The average molecular weight is 382 g/mol. The summed E-state index contributed by atoms with van der Waals surface area (Å²) < 4.78 is 47.7. The molecule has 0 aliphatic heterocycles. The molecule has 2 aromatic rings. The molecule has 0 unspecified atom stereocenters. The van der Waals surface area contributed by atoms with E-state index >= 15 is 0 Å². The standard InChI is InChI=1S/C17H16F2N2O4S/c1-20-15(22)10-11-2-6-13(7-3-11)21-16(23)12-4-8-14(9-5-12)26(24,25)17(18)19/h2-9,17H,10H2,1H3,(H,20,22)(H,21,23). The summed E-state index contributed by atoms with van der Waals surface area (Å²) in [7, 11) is -3.16. The lowest BCUT2D eigenvalue weighted by Gasteiger charge is -2.08. The maximum absolute atomic E-state index is 12.5. The number of carbonyl (C=O) groups is 2. The van der Waals surface area contributed by atoms with Crippen molar-refractivity contribution in [3.8, 4) is 0 Å². The normalized spacial score (nSPS) is 11.2. The summed E-state index contributed by atoms with van der Waals surface area (Å²) in [4.78, 5) is 22.9. The highest BCUT2D eigenvalue weighted by Crippen LogP contribution is 2.19. The van der Waals surface area contributed by atoms with Crippen LogP contribution < -0.4 is 10.6 Å². The molecule has 2 aromatic carbocycles. The number of alkyl halides is 2. The van der Waals surface area contributed by atoms with Crippen LogP contribution in [0.5, 0.6) is 0 Å². The number of carbonyl (C=O) groups excluding carboxylic acids is 2. The number of benzene rings is 2. The van der Waals surface area contributed by atoms with Gasteiger partial charge in [-0.25, -0.2) is 8.42 Å². The van der Waals surface area contributed by atoms with Gasteiger partial charge < -0.3 is 10.6 Å². The first-order chi connectivity index (χ1) is 12.2. The summed E-state index contributed by atoms with van der Waals surface area (Å²) in [5.74, 6) is -4.18. The van der Waals surface area contributed by atoms with Crippen LogP contribution in [0.3, 0.4) is 0 Å². The number of nitrogens with one attached hydrogen (secondary N) is 2. The molecule has 0 aliphatic rings. The van der Waals surface area contributed by atoms with Gasteiger partial charge in [-0.15, -0.1) is 0 Å². The summed E-state index contributed by atoms with van der Waals surface area (Å²) in [5, 5.41) is 5.10. The van der Waals surface area contributed by atoms with Crippen LogP contribution in [0, 0.1) is 0 Å². The van der Waals surface area contributed by atoms with Crippen molar-refractivity contribution < 1.29 is 26.8 Å². The van der Waals surface area contributed by atoms with Crippen LogP contribution in [-0.4, -0.2) is 33.0 Å². The Bertz CT molecular complexity index is 895. The molecule has 9 heteroatoms. The molecule has 2 rings (SSSR count). The Labute approximate surface area is 149 Å². The van der Waals surface area contributed by atoms with Crippen molar-refractivity contribution in [2.75, 3.05) is 12.4 Å². The van der Waals surface area contributed by atoms with E-state index in [2.05, 4.69) is 10.6 Å². The van der Waals surface area contributed by atoms with Crippen molar-refractivity contribution >= 4 is 27.3 Å². The molecule has 6 nitrogen and oxygen atoms in total. The Morgan fingerprint density at radius 1 is 1.00 bits per heavy atom. The molecular formula is C17H16F2N2O4S. The number of likely N-dealkylation sites (N-methyl/N-ethyl adjacent to an activating group) is 1. The second-order valence-corrected chi connectivity index (χ2v) is 7.25. The van der Waals surface area contributed by atoms with E-state index in [0.717, 1.165) is 29.8 Å². The fraction of sp³-hybridized carbons (Fsp3) is 0.176. The third-order valence-corrected chi connectivity index (χ3v) is 4.93. The molecule has 0 radical (unpaired) electrons. The van der Waals surface area contributed by atoms with E-state index in [1.807, 2.05) is 0 Å². The smallest absolute Gasteiger partial charge is 0.341 e. The van der Waals surface area contributed by atoms with E-state index in [4.69, 9.17) is 0 Å². The van der Waals surface area contributed by atoms with E-state index in [1.165, 1.54) is 7.05 Å². The molecule has 26 heavy (non-hydrogen) atoms. The number of anilines is 1. The highest BCUT2D eigenvalue weighted by Gasteiger charge is 2.26. The molecular weight excluding hydrogens is 366 g/mol. The largest absolute Gasteiger partial charge is 0.359 e. The molecule has 2 amide bonds. The van der Waals surface area contributed by atoms with Gasteiger partial charge in [-0.05, 0) is 42.0 Å². The quantitative estimate of drug-likeness (QED) is 0.801. The minimum Gasteiger partial charge on any atom is -0.359 e. The van der Waals surface area contributed by atoms with Gasteiger partial charge >= 0.3 is 5.76 Å². The number of rotatable bonds is 6.